The molecule has 0 saturated carbocycles. The Morgan fingerprint density at radius 1 is 1.08 bits per heavy atom. The first-order chi connectivity index (χ1) is 11.8. The lowest BCUT2D eigenvalue weighted by Gasteiger charge is -2.12. The lowest BCUT2D eigenvalue weighted by molar-refractivity contribution is 0.624. The predicted molar refractivity (Wildman–Crippen MR) is 112 cm³/mol. The molecule has 5 nitrogen and oxygen atoms in total. The number of aromatic nitrogens is 1. The van der Waals surface area contributed by atoms with E-state index in [1.807, 2.05) is 24.3 Å². The lowest BCUT2D eigenvalue weighted by Crippen LogP contribution is -2.37. The maximum Gasteiger partial charge on any atom is 0.191 e. The zero-order valence-corrected chi connectivity index (χ0v) is 16.7. The molecule has 1 aromatic heterocycles. The molecule has 0 aliphatic carbocycles. The van der Waals surface area contributed by atoms with Crippen LogP contribution in [-0.4, -0.2) is 31.1 Å². The third-order valence-electron chi connectivity index (χ3n) is 3.44. The largest absolute Gasteiger partial charge is 0.370 e. The van der Waals surface area contributed by atoms with E-state index in [1.165, 1.54) is 12.1 Å². The van der Waals surface area contributed by atoms with Gasteiger partial charge in [-0.25, -0.2) is 9.37 Å². The van der Waals surface area contributed by atoms with Crippen LogP contribution in [-0.2, 0) is 6.54 Å². The van der Waals surface area contributed by atoms with Crippen molar-refractivity contribution >= 4 is 35.8 Å². The summed E-state index contributed by atoms with van der Waals surface area (Å²) in [6.07, 6.45) is 3.82. The van der Waals surface area contributed by atoms with Gasteiger partial charge in [0.2, 0.25) is 0 Å². The van der Waals surface area contributed by atoms with Crippen LogP contribution in [0, 0.1) is 5.82 Å². The van der Waals surface area contributed by atoms with Gasteiger partial charge in [-0.2, -0.15) is 0 Å². The summed E-state index contributed by atoms with van der Waals surface area (Å²) in [5.41, 5.74) is 0.887. The minimum Gasteiger partial charge on any atom is -0.370 e. The maximum atomic E-state index is 13.1. The molecule has 3 N–H and O–H groups in total. The quantitative estimate of drug-likeness (QED) is 0.246. The van der Waals surface area contributed by atoms with Gasteiger partial charge in [-0.1, -0.05) is 18.2 Å². The first-order valence-corrected chi connectivity index (χ1v) is 8.12. The van der Waals surface area contributed by atoms with E-state index < -0.39 is 0 Å². The van der Waals surface area contributed by atoms with Crippen LogP contribution in [0.15, 0.2) is 53.7 Å². The summed E-state index contributed by atoms with van der Waals surface area (Å²) in [7, 11) is 1.73. The Balaban J connectivity index is 0.00000312. The summed E-state index contributed by atoms with van der Waals surface area (Å²) >= 11 is 0. The number of aliphatic imine (C=N–C) groups is 1. The second-order valence-electron chi connectivity index (χ2n) is 5.33. The zero-order chi connectivity index (χ0) is 17.0. The predicted octanol–water partition coefficient (Wildman–Crippen LogP) is 3.40. The molecule has 0 unspecified atom stereocenters. The number of nitrogens with one attached hydrogen (secondary N) is 3. The number of benzene rings is 1. The van der Waals surface area contributed by atoms with E-state index in [-0.39, 0.29) is 29.8 Å². The van der Waals surface area contributed by atoms with Gasteiger partial charge in [0.1, 0.15) is 11.6 Å². The zero-order valence-electron chi connectivity index (χ0n) is 14.3. The van der Waals surface area contributed by atoms with Crippen LogP contribution < -0.4 is 16.0 Å². The van der Waals surface area contributed by atoms with Gasteiger partial charge < -0.3 is 16.0 Å². The average Bonchev–Trinajstić information content (AvgIpc) is 2.61. The van der Waals surface area contributed by atoms with E-state index in [0.29, 0.717) is 6.54 Å². The number of halogens is 2. The molecule has 1 aromatic carbocycles. The molecule has 0 radical (unpaired) electrons. The molecule has 0 amide bonds. The van der Waals surface area contributed by atoms with Crippen molar-refractivity contribution in [3.63, 3.8) is 0 Å². The smallest absolute Gasteiger partial charge is 0.191 e. The minimum absolute atomic E-state index is 0. The topological polar surface area (TPSA) is 61.3 Å². The van der Waals surface area contributed by atoms with Crippen molar-refractivity contribution in [3.8, 4) is 0 Å². The highest BCUT2D eigenvalue weighted by Gasteiger charge is 1.99. The molecule has 136 valence electrons. The van der Waals surface area contributed by atoms with Crippen molar-refractivity contribution < 1.29 is 4.39 Å². The molecule has 0 spiro atoms. The van der Waals surface area contributed by atoms with Crippen molar-refractivity contribution in [3.05, 3.63) is 60.0 Å². The molecule has 0 bridgehead atoms. The molecule has 0 saturated heterocycles. The number of pyridine rings is 1. The van der Waals surface area contributed by atoms with Crippen molar-refractivity contribution in [2.75, 3.05) is 25.5 Å². The Kier molecular flexibility index (Phi) is 10.5. The van der Waals surface area contributed by atoms with Gasteiger partial charge in [-0.05, 0) is 42.7 Å². The molecule has 0 fully saturated rings. The van der Waals surface area contributed by atoms with Crippen LogP contribution in [0.25, 0.3) is 0 Å². The standard InChI is InChI=1S/C18H24FN5.HI/c1-20-18(24-14-15-7-6-8-16(19)13-15)23-12-5-4-11-22-17-9-2-3-10-21-17;/h2-3,6-10,13H,4-5,11-12,14H2,1H3,(H,21,22)(H2,20,23,24);1H. The average molecular weight is 457 g/mol. The van der Waals surface area contributed by atoms with E-state index in [1.54, 1.807) is 19.3 Å². The maximum absolute atomic E-state index is 13.1. The molecule has 2 rings (SSSR count). The Bertz CT molecular complexity index is 636. The van der Waals surface area contributed by atoms with Crippen LogP contribution in [0.4, 0.5) is 10.2 Å². The van der Waals surface area contributed by atoms with E-state index in [2.05, 4.69) is 25.9 Å². The Morgan fingerprint density at radius 3 is 2.64 bits per heavy atom. The SMILES string of the molecule is CN=C(NCCCCNc1ccccn1)NCc1cccc(F)c1.I. The Hall–Kier alpha value is -1.90. The van der Waals surface area contributed by atoms with Gasteiger partial charge in [0.05, 0.1) is 0 Å². The molecule has 0 aliphatic heterocycles. The van der Waals surface area contributed by atoms with Crippen molar-refractivity contribution in [1.29, 1.82) is 0 Å². The molecule has 0 atom stereocenters. The number of nitrogens with zero attached hydrogens (tertiary/aromatic N) is 2. The number of hydrogen-bond donors (Lipinski definition) is 3. The van der Waals surface area contributed by atoms with E-state index >= 15 is 0 Å². The fraction of sp³-hybridized carbons (Fsp3) is 0.333. The third-order valence-corrected chi connectivity index (χ3v) is 3.44. The summed E-state index contributed by atoms with van der Waals surface area (Å²) in [4.78, 5) is 8.38. The first-order valence-electron chi connectivity index (χ1n) is 8.12. The van der Waals surface area contributed by atoms with Crippen LogP contribution in [0.5, 0.6) is 0 Å². The summed E-state index contributed by atoms with van der Waals surface area (Å²) in [6.45, 7) is 2.25. The third kappa shape index (κ3) is 8.67. The van der Waals surface area contributed by atoms with E-state index in [9.17, 15) is 4.39 Å². The van der Waals surface area contributed by atoms with E-state index in [4.69, 9.17) is 0 Å². The first kappa shape index (κ1) is 21.1. The number of rotatable bonds is 8. The van der Waals surface area contributed by atoms with Gasteiger partial charge in [0, 0.05) is 32.9 Å². The lowest BCUT2D eigenvalue weighted by atomic mass is 10.2. The summed E-state index contributed by atoms with van der Waals surface area (Å²) in [5.74, 6) is 1.40. The number of anilines is 1. The summed E-state index contributed by atoms with van der Waals surface area (Å²) < 4.78 is 13.1. The van der Waals surface area contributed by atoms with Crippen LogP contribution in [0.1, 0.15) is 18.4 Å². The summed E-state index contributed by atoms with van der Waals surface area (Å²) in [6, 6.07) is 12.4. The highest BCUT2D eigenvalue weighted by Crippen LogP contribution is 2.03. The molecule has 0 aliphatic rings. The van der Waals surface area contributed by atoms with Gasteiger partial charge in [-0.15, -0.1) is 24.0 Å². The molecular weight excluding hydrogens is 432 g/mol. The molecule has 2 aromatic rings. The molecule has 25 heavy (non-hydrogen) atoms. The molecular formula is C18H25FIN5. The highest BCUT2D eigenvalue weighted by molar-refractivity contribution is 14.0. The van der Waals surface area contributed by atoms with E-state index in [0.717, 1.165) is 43.3 Å². The monoisotopic (exact) mass is 457 g/mol. The van der Waals surface area contributed by atoms with Crippen molar-refractivity contribution in [1.82, 2.24) is 15.6 Å². The summed E-state index contributed by atoms with van der Waals surface area (Å²) in [5, 5.41) is 9.71. The van der Waals surface area contributed by atoms with Crippen molar-refractivity contribution in [2.24, 2.45) is 4.99 Å². The number of guanidine groups is 1. The Labute approximate surface area is 165 Å². The Morgan fingerprint density at radius 2 is 1.92 bits per heavy atom. The van der Waals surface area contributed by atoms with Crippen LogP contribution in [0.3, 0.4) is 0 Å². The fourth-order valence-electron chi connectivity index (χ4n) is 2.19. The number of unbranched alkanes of at least 4 members (excludes halogenated alkanes) is 1. The molecule has 1 heterocycles. The fourth-order valence-corrected chi connectivity index (χ4v) is 2.19. The van der Waals surface area contributed by atoms with Crippen LogP contribution >= 0.6 is 24.0 Å². The van der Waals surface area contributed by atoms with Crippen LogP contribution in [0.2, 0.25) is 0 Å². The van der Waals surface area contributed by atoms with Gasteiger partial charge in [0.15, 0.2) is 5.96 Å². The van der Waals surface area contributed by atoms with Gasteiger partial charge in [0.25, 0.3) is 0 Å². The van der Waals surface area contributed by atoms with Gasteiger partial charge in [-0.3, -0.25) is 4.99 Å². The normalized spacial score (nSPS) is 10.7. The second kappa shape index (κ2) is 12.5. The van der Waals surface area contributed by atoms with Crippen molar-refractivity contribution in [2.45, 2.75) is 19.4 Å². The highest BCUT2D eigenvalue weighted by atomic mass is 127. The van der Waals surface area contributed by atoms with Gasteiger partial charge >= 0.3 is 0 Å². The number of hydrogen-bond acceptors (Lipinski definition) is 3. The molecule has 7 heteroatoms. The minimum atomic E-state index is -0.224. The second-order valence-corrected chi connectivity index (χ2v) is 5.33.